The Bertz CT molecular complexity index is 1290. The minimum Gasteiger partial charge on any atom is -0.303 e. The molecule has 3 rings (SSSR count). The van der Waals surface area contributed by atoms with Gasteiger partial charge >= 0.3 is 5.69 Å². The maximum absolute atomic E-state index is 12.6. The molecule has 0 fully saturated rings. The van der Waals surface area contributed by atoms with Crippen LogP contribution in [-0.4, -0.2) is 29.7 Å². The van der Waals surface area contributed by atoms with E-state index in [9.17, 15) is 19.7 Å². The van der Waals surface area contributed by atoms with Crippen LogP contribution in [0.2, 0.25) is 0 Å². The van der Waals surface area contributed by atoms with Crippen molar-refractivity contribution < 1.29 is 4.92 Å². The molecule has 2 N–H and O–H groups in total. The van der Waals surface area contributed by atoms with Gasteiger partial charge in [0.2, 0.25) is 5.95 Å². The van der Waals surface area contributed by atoms with Gasteiger partial charge in [-0.15, -0.1) is 0 Å². The van der Waals surface area contributed by atoms with Crippen LogP contribution in [0.5, 0.6) is 0 Å². The largest absolute Gasteiger partial charge is 0.329 e. The molecule has 0 atom stereocenters. The molecule has 0 aliphatic heterocycles. The number of aryl methyl sites for hydroxylation is 2. The quantitative estimate of drug-likeness (QED) is 0.196. The molecule has 1 aromatic carbocycles. The zero-order valence-corrected chi connectivity index (χ0v) is 19.1. The number of fused-ring (bicyclic) bond motifs is 1. The molecule has 3 aromatic rings. The molecule has 0 amide bonds. The molecule has 0 spiro atoms. The summed E-state index contributed by atoms with van der Waals surface area (Å²) in [5.41, 5.74) is 3.48. The van der Waals surface area contributed by atoms with Gasteiger partial charge < -0.3 is 4.57 Å². The summed E-state index contributed by atoms with van der Waals surface area (Å²) in [7, 11) is 1.55. The highest BCUT2D eigenvalue weighted by Gasteiger charge is 2.17. The number of benzene rings is 1. The molecule has 0 unspecified atom stereocenters. The van der Waals surface area contributed by atoms with Crippen LogP contribution in [0.25, 0.3) is 11.2 Å². The number of imidazole rings is 1. The van der Waals surface area contributed by atoms with Crippen molar-refractivity contribution in [2.24, 2.45) is 12.1 Å². The Morgan fingerprint density at radius 2 is 1.94 bits per heavy atom. The number of anilines is 1. The van der Waals surface area contributed by atoms with Crippen molar-refractivity contribution in [3.05, 3.63) is 60.8 Å². The third kappa shape index (κ3) is 5.54. The Labute approximate surface area is 190 Å². The molecule has 11 nitrogen and oxygen atoms in total. The van der Waals surface area contributed by atoms with E-state index in [0.717, 1.165) is 19.3 Å². The average Bonchev–Trinajstić information content (AvgIpc) is 3.17. The molecule has 2 heterocycles. The van der Waals surface area contributed by atoms with E-state index in [1.807, 2.05) is 0 Å². The molecular weight excluding hydrogens is 426 g/mol. The van der Waals surface area contributed by atoms with Crippen LogP contribution in [-0.2, 0) is 13.6 Å². The number of hydrazone groups is 1. The summed E-state index contributed by atoms with van der Waals surface area (Å²) < 4.78 is 3.02. The normalized spacial score (nSPS) is 11.8. The number of nitro groups is 1. The minimum absolute atomic E-state index is 0.0288. The zero-order chi connectivity index (χ0) is 24.0. The van der Waals surface area contributed by atoms with Crippen LogP contribution < -0.4 is 16.7 Å². The van der Waals surface area contributed by atoms with Gasteiger partial charge in [-0.25, -0.2) is 10.2 Å². The standard InChI is InChI=1S/C22H29N7O4/c1-4-5-6-7-8-9-13-28-18-19(27(3)22(31)24-20(18)30)23-21(28)26-25-15(2)16-11-10-12-17(14-16)29(32)33/h10-12,14H,4-9,13H2,1-3H3,(H,23,26)(H,24,30,31)/b25-15+. The third-order valence-electron chi connectivity index (χ3n) is 5.54. The first-order valence-corrected chi connectivity index (χ1v) is 11.1. The monoisotopic (exact) mass is 455 g/mol. The van der Waals surface area contributed by atoms with Crippen molar-refractivity contribution in [3.8, 4) is 0 Å². The fourth-order valence-corrected chi connectivity index (χ4v) is 3.63. The molecule has 0 aliphatic carbocycles. The van der Waals surface area contributed by atoms with Gasteiger partial charge in [-0.05, 0) is 13.3 Å². The number of hydrogen-bond acceptors (Lipinski definition) is 7. The lowest BCUT2D eigenvalue weighted by molar-refractivity contribution is -0.384. The van der Waals surface area contributed by atoms with Gasteiger partial charge in [-0.2, -0.15) is 10.1 Å². The Morgan fingerprint density at radius 3 is 2.67 bits per heavy atom. The highest BCUT2D eigenvalue weighted by Crippen LogP contribution is 2.18. The molecule has 0 aliphatic rings. The Balaban J connectivity index is 1.91. The van der Waals surface area contributed by atoms with Crippen molar-refractivity contribution in [1.82, 2.24) is 19.1 Å². The Hall–Kier alpha value is -3.76. The van der Waals surface area contributed by atoms with Gasteiger partial charge in [-0.3, -0.25) is 24.5 Å². The summed E-state index contributed by atoms with van der Waals surface area (Å²) in [6, 6.07) is 6.17. The number of unbranched alkanes of at least 4 members (excludes halogenated alkanes) is 5. The van der Waals surface area contributed by atoms with Crippen LogP contribution in [0.3, 0.4) is 0 Å². The molecule has 0 saturated heterocycles. The van der Waals surface area contributed by atoms with Crippen LogP contribution in [0.4, 0.5) is 11.6 Å². The second-order valence-electron chi connectivity index (χ2n) is 7.96. The molecule has 2 aromatic heterocycles. The summed E-state index contributed by atoms with van der Waals surface area (Å²) in [5, 5.41) is 15.4. The van der Waals surface area contributed by atoms with Crippen LogP contribution in [0.1, 0.15) is 57.9 Å². The van der Waals surface area contributed by atoms with Crippen molar-refractivity contribution in [1.29, 1.82) is 0 Å². The smallest absolute Gasteiger partial charge is 0.303 e. The first-order chi connectivity index (χ1) is 15.8. The number of hydrogen-bond donors (Lipinski definition) is 2. The third-order valence-corrected chi connectivity index (χ3v) is 5.54. The number of nitro benzene ring substituents is 1. The van der Waals surface area contributed by atoms with Gasteiger partial charge in [0.1, 0.15) is 0 Å². The number of rotatable bonds is 11. The predicted molar refractivity (Wildman–Crippen MR) is 128 cm³/mol. The van der Waals surface area contributed by atoms with Crippen molar-refractivity contribution in [3.63, 3.8) is 0 Å². The maximum Gasteiger partial charge on any atom is 0.329 e. The lowest BCUT2D eigenvalue weighted by atomic mass is 10.1. The van der Waals surface area contributed by atoms with E-state index in [2.05, 4.69) is 27.4 Å². The number of nitrogens with zero attached hydrogens (tertiary/aromatic N) is 5. The molecule has 0 radical (unpaired) electrons. The Kier molecular flexibility index (Phi) is 7.75. The van der Waals surface area contributed by atoms with E-state index in [0.29, 0.717) is 29.3 Å². The minimum atomic E-state index is -0.542. The number of aromatic nitrogens is 4. The van der Waals surface area contributed by atoms with Gasteiger partial charge in [0.25, 0.3) is 11.2 Å². The van der Waals surface area contributed by atoms with Crippen LogP contribution >= 0.6 is 0 Å². The SMILES string of the molecule is CCCCCCCCn1c(N/N=C(\C)c2cccc([N+](=O)[O-])c2)nc2c1c(=O)[nH]c(=O)n2C. The molecular formula is C22H29N7O4. The fraction of sp³-hybridized carbons (Fsp3) is 0.455. The summed E-state index contributed by atoms with van der Waals surface area (Å²) in [6.07, 6.45) is 6.52. The van der Waals surface area contributed by atoms with E-state index in [-0.39, 0.29) is 11.3 Å². The van der Waals surface area contributed by atoms with E-state index in [1.54, 1.807) is 30.7 Å². The summed E-state index contributed by atoms with van der Waals surface area (Å²) in [5.74, 6) is 0.329. The fourth-order valence-electron chi connectivity index (χ4n) is 3.63. The van der Waals surface area contributed by atoms with Crippen molar-refractivity contribution >= 4 is 28.5 Å². The number of non-ortho nitro benzene ring substituents is 1. The van der Waals surface area contributed by atoms with Gasteiger partial charge in [-0.1, -0.05) is 51.2 Å². The second-order valence-corrected chi connectivity index (χ2v) is 7.96. The molecule has 0 bridgehead atoms. The highest BCUT2D eigenvalue weighted by molar-refractivity contribution is 5.99. The van der Waals surface area contributed by atoms with E-state index < -0.39 is 16.2 Å². The number of nitrogens with one attached hydrogen (secondary N) is 2. The van der Waals surface area contributed by atoms with Gasteiger partial charge in [0.15, 0.2) is 11.2 Å². The number of H-pyrrole nitrogens is 1. The number of aromatic amines is 1. The molecule has 33 heavy (non-hydrogen) atoms. The molecule has 0 saturated carbocycles. The van der Waals surface area contributed by atoms with E-state index in [1.165, 1.54) is 36.0 Å². The highest BCUT2D eigenvalue weighted by atomic mass is 16.6. The van der Waals surface area contributed by atoms with Crippen molar-refractivity contribution in [2.75, 3.05) is 5.43 Å². The summed E-state index contributed by atoms with van der Waals surface area (Å²) in [6.45, 7) is 4.43. The molecule has 176 valence electrons. The summed E-state index contributed by atoms with van der Waals surface area (Å²) >= 11 is 0. The predicted octanol–water partition coefficient (Wildman–Crippen LogP) is 3.53. The molecule has 11 heteroatoms. The maximum atomic E-state index is 12.6. The topological polar surface area (TPSA) is 140 Å². The lowest BCUT2D eigenvalue weighted by Gasteiger charge is -2.09. The van der Waals surface area contributed by atoms with E-state index >= 15 is 0 Å². The van der Waals surface area contributed by atoms with E-state index in [4.69, 9.17) is 0 Å². The van der Waals surface area contributed by atoms with Crippen molar-refractivity contribution in [2.45, 2.75) is 58.9 Å². The Morgan fingerprint density at radius 1 is 1.21 bits per heavy atom. The zero-order valence-electron chi connectivity index (χ0n) is 19.1. The summed E-state index contributed by atoms with van der Waals surface area (Å²) in [4.78, 5) is 42.0. The lowest BCUT2D eigenvalue weighted by Crippen LogP contribution is -2.29. The second kappa shape index (κ2) is 10.7. The first kappa shape index (κ1) is 23.9. The van der Waals surface area contributed by atoms with Gasteiger partial charge in [0.05, 0.1) is 10.6 Å². The van der Waals surface area contributed by atoms with Crippen LogP contribution in [0.15, 0.2) is 39.0 Å². The first-order valence-electron chi connectivity index (χ1n) is 11.1. The van der Waals surface area contributed by atoms with Gasteiger partial charge in [0, 0.05) is 31.3 Å². The average molecular weight is 456 g/mol. The van der Waals surface area contributed by atoms with Crippen LogP contribution in [0, 0.1) is 10.1 Å².